The second-order valence-electron chi connectivity index (χ2n) is 7.24. The van der Waals surface area contributed by atoms with Gasteiger partial charge in [0.05, 0.1) is 11.0 Å². The Hall–Kier alpha value is -2.87. The third kappa shape index (κ3) is 4.42. The lowest BCUT2D eigenvalue weighted by Gasteiger charge is -2.15. The molecule has 3 aromatic rings. The highest BCUT2D eigenvalue weighted by molar-refractivity contribution is 5.91. The molecule has 1 amide bonds. The van der Waals surface area contributed by atoms with Gasteiger partial charge in [0, 0.05) is 12.2 Å². The summed E-state index contributed by atoms with van der Waals surface area (Å²) in [6, 6.07) is 13.7. The van der Waals surface area contributed by atoms with Crippen molar-refractivity contribution in [3.8, 4) is 0 Å². The summed E-state index contributed by atoms with van der Waals surface area (Å²) in [6.07, 6.45) is -2.26. The van der Waals surface area contributed by atoms with E-state index in [-0.39, 0.29) is 11.0 Å². The van der Waals surface area contributed by atoms with Crippen molar-refractivity contribution in [1.29, 1.82) is 0 Å². The molecule has 8 heteroatoms. The number of aromatic nitrogens is 2. The standard InChI is InChI=1S/C21H21F3N4O/c22-21(23,24)20-26-17-8-1-2-9-18(17)28(20)14-19(29)25-16-7-5-6-15(12-16)13-27-10-3-4-11-27/h1-2,5-9,12H,3-4,10-11,13-14H2,(H,25,29). The Morgan fingerprint density at radius 2 is 1.83 bits per heavy atom. The molecule has 1 aliphatic rings. The van der Waals surface area contributed by atoms with Crippen molar-refractivity contribution in [3.63, 3.8) is 0 Å². The molecule has 5 nitrogen and oxygen atoms in total. The van der Waals surface area contributed by atoms with Gasteiger partial charge in [0.25, 0.3) is 0 Å². The Balaban J connectivity index is 1.52. The van der Waals surface area contributed by atoms with E-state index in [1.165, 1.54) is 25.0 Å². The number of nitrogens with one attached hydrogen (secondary N) is 1. The van der Waals surface area contributed by atoms with Crippen LogP contribution in [0.5, 0.6) is 0 Å². The first-order valence-corrected chi connectivity index (χ1v) is 9.54. The molecule has 0 saturated carbocycles. The quantitative estimate of drug-likeness (QED) is 0.693. The van der Waals surface area contributed by atoms with E-state index in [0.29, 0.717) is 5.69 Å². The third-order valence-corrected chi connectivity index (χ3v) is 5.03. The maximum Gasteiger partial charge on any atom is 0.449 e. The number of benzene rings is 2. The summed E-state index contributed by atoms with van der Waals surface area (Å²) >= 11 is 0. The number of anilines is 1. The molecular weight excluding hydrogens is 381 g/mol. The zero-order valence-electron chi connectivity index (χ0n) is 15.7. The molecule has 1 N–H and O–H groups in total. The number of hydrogen-bond acceptors (Lipinski definition) is 3. The lowest BCUT2D eigenvalue weighted by Crippen LogP contribution is -2.23. The number of fused-ring (bicyclic) bond motifs is 1. The van der Waals surface area contributed by atoms with Crippen LogP contribution in [0.2, 0.25) is 0 Å². The Morgan fingerprint density at radius 3 is 2.59 bits per heavy atom. The number of hydrogen-bond donors (Lipinski definition) is 1. The van der Waals surface area contributed by atoms with Crippen LogP contribution < -0.4 is 5.32 Å². The van der Waals surface area contributed by atoms with Crippen LogP contribution in [0, 0.1) is 0 Å². The Labute approximate surface area is 166 Å². The molecule has 1 aromatic heterocycles. The van der Waals surface area contributed by atoms with Gasteiger partial charge in [-0.25, -0.2) is 4.98 Å². The van der Waals surface area contributed by atoms with E-state index in [0.717, 1.165) is 29.8 Å². The second kappa shape index (κ2) is 7.87. The van der Waals surface area contributed by atoms with Gasteiger partial charge in [0.15, 0.2) is 0 Å². The molecule has 2 aromatic carbocycles. The number of carbonyl (C=O) groups excluding carboxylic acids is 1. The summed E-state index contributed by atoms with van der Waals surface area (Å²) in [5, 5.41) is 2.72. The number of nitrogens with zero attached hydrogens (tertiary/aromatic N) is 3. The van der Waals surface area contributed by atoms with E-state index in [9.17, 15) is 18.0 Å². The summed E-state index contributed by atoms with van der Waals surface area (Å²) in [4.78, 5) is 18.5. The van der Waals surface area contributed by atoms with Gasteiger partial charge in [0.2, 0.25) is 11.7 Å². The first-order valence-electron chi connectivity index (χ1n) is 9.54. The predicted octanol–water partition coefficient (Wildman–Crippen LogP) is 4.29. The zero-order chi connectivity index (χ0) is 20.4. The van der Waals surface area contributed by atoms with Crippen LogP contribution in [-0.4, -0.2) is 33.4 Å². The summed E-state index contributed by atoms with van der Waals surface area (Å²) in [6.45, 7) is 2.45. The van der Waals surface area contributed by atoms with Crippen molar-refractivity contribution in [1.82, 2.24) is 14.5 Å². The number of imidazole rings is 1. The maximum absolute atomic E-state index is 13.4. The zero-order valence-corrected chi connectivity index (χ0v) is 15.7. The topological polar surface area (TPSA) is 50.2 Å². The molecule has 0 aliphatic carbocycles. The van der Waals surface area contributed by atoms with E-state index in [2.05, 4.69) is 15.2 Å². The van der Waals surface area contributed by atoms with Crippen molar-refractivity contribution < 1.29 is 18.0 Å². The Morgan fingerprint density at radius 1 is 1.07 bits per heavy atom. The van der Waals surface area contributed by atoms with Gasteiger partial charge < -0.3 is 9.88 Å². The molecule has 4 rings (SSSR count). The average molecular weight is 402 g/mol. The van der Waals surface area contributed by atoms with Crippen LogP contribution in [0.25, 0.3) is 11.0 Å². The van der Waals surface area contributed by atoms with Crippen molar-refractivity contribution in [2.45, 2.75) is 32.1 Å². The van der Waals surface area contributed by atoms with Crippen LogP contribution in [0.3, 0.4) is 0 Å². The fourth-order valence-electron chi connectivity index (χ4n) is 3.74. The van der Waals surface area contributed by atoms with Gasteiger partial charge in [-0.15, -0.1) is 0 Å². The first kappa shape index (κ1) is 19.4. The lowest BCUT2D eigenvalue weighted by atomic mass is 10.2. The van der Waals surface area contributed by atoms with Crippen LogP contribution in [0.1, 0.15) is 24.2 Å². The van der Waals surface area contributed by atoms with Crippen LogP contribution in [-0.2, 0) is 24.1 Å². The first-order chi connectivity index (χ1) is 13.9. The molecule has 1 fully saturated rings. The highest BCUT2D eigenvalue weighted by Crippen LogP contribution is 2.31. The number of likely N-dealkylation sites (tertiary alicyclic amines) is 1. The van der Waals surface area contributed by atoms with Gasteiger partial charge in [-0.3, -0.25) is 9.69 Å². The molecule has 1 aliphatic heterocycles. The van der Waals surface area contributed by atoms with E-state index in [1.807, 2.05) is 18.2 Å². The summed E-state index contributed by atoms with van der Waals surface area (Å²) in [5.74, 6) is -1.60. The average Bonchev–Trinajstić information content (AvgIpc) is 3.30. The minimum atomic E-state index is -4.64. The predicted molar refractivity (Wildman–Crippen MR) is 104 cm³/mol. The minimum absolute atomic E-state index is 0.209. The van der Waals surface area contributed by atoms with Gasteiger partial charge in [-0.1, -0.05) is 24.3 Å². The molecule has 0 atom stereocenters. The van der Waals surface area contributed by atoms with Crippen molar-refractivity contribution in [3.05, 3.63) is 59.9 Å². The number of carbonyl (C=O) groups is 1. The fraction of sp³-hybridized carbons (Fsp3) is 0.333. The number of alkyl halides is 3. The Kier molecular flexibility index (Phi) is 5.27. The molecule has 29 heavy (non-hydrogen) atoms. The molecule has 0 bridgehead atoms. The molecule has 152 valence electrons. The lowest BCUT2D eigenvalue weighted by molar-refractivity contribution is -0.147. The van der Waals surface area contributed by atoms with Crippen LogP contribution in [0.15, 0.2) is 48.5 Å². The van der Waals surface area contributed by atoms with Gasteiger partial charge in [0.1, 0.15) is 6.54 Å². The number of para-hydroxylation sites is 2. The van der Waals surface area contributed by atoms with E-state index < -0.39 is 24.5 Å². The van der Waals surface area contributed by atoms with E-state index >= 15 is 0 Å². The number of rotatable bonds is 5. The number of halogens is 3. The molecule has 0 radical (unpaired) electrons. The monoisotopic (exact) mass is 402 g/mol. The third-order valence-electron chi connectivity index (χ3n) is 5.03. The van der Waals surface area contributed by atoms with Crippen LogP contribution in [0.4, 0.5) is 18.9 Å². The minimum Gasteiger partial charge on any atom is -0.325 e. The normalized spacial score (nSPS) is 15.1. The fourth-order valence-corrected chi connectivity index (χ4v) is 3.74. The van der Waals surface area contributed by atoms with Gasteiger partial charge in [-0.05, 0) is 55.8 Å². The van der Waals surface area contributed by atoms with Crippen LogP contribution >= 0.6 is 0 Å². The summed E-state index contributed by atoms with van der Waals surface area (Å²) in [5.41, 5.74) is 2.12. The molecule has 0 spiro atoms. The maximum atomic E-state index is 13.4. The van der Waals surface area contributed by atoms with Gasteiger partial charge in [-0.2, -0.15) is 13.2 Å². The number of amides is 1. The van der Waals surface area contributed by atoms with Crippen molar-refractivity contribution >= 4 is 22.6 Å². The Bertz CT molecular complexity index is 1020. The smallest absolute Gasteiger partial charge is 0.325 e. The van der Waals surface area contributed by atoms with Crippen molar-refractivity contribution in [2.24, 2.45) is 0 Å². The van der Waals surface area contributed by atoms with Crippen molar-refractivity contribution in [2.75, 3.05) is 18.4 Å². The molecule has 2 heterocycles. The molecule has 1 saturated heterocycles. The largest absolute Gasteiger partial charge is 0.449 e. The van der Waals surface area contributed by atoms with Gasteiger partial charge >= 0.3 is 6.18 Å². The second-order valence-corrected chi connectivity index (χ2v) is 7.24. The summed E-state index contributed by atoms with van der Waals surface area (Å²) < 4.78 is 41.1. The highest BCUT2D eigenvalue weighted by Gasteiger charge is 2.38. The van der Waals surface area contributed by atoms with E-state index in [4.69, 9.17) is 0 Å². The SMILES string of the molecule is O=C(Cn1c(C(F)(F)F)nc2ccccc21)Nc1cccc(CN2CCCC2)c1. The van der Waals surface area contributed by atoms with E-state index in [1.54, 1.807) is 18.2 Å². The highest BCUT2D eigenvalue weighted by atomic mass is 19.4. The molecular formula is C21H21F3N4O. The summed E-state index contributed by atoms with van der Waals surface area (Å²) in [7, 11) is 0. The molecule has 0 unspecified atom stereocenters.